The van der Waals surface area contributed by atoms with Crippen molar-refractivity contribution in [2.45, 2.75) is 71.1 Å². The number of carbonyl (C=O) groups is 4. The van der Waals surface area contributed by atoms with Crippen LogP contribution in [-0.2, 0) is 28.7 Å². The van der Waals surface area contributed by atoms with Crippen LogP contribution in [0.1, 0.15) is 52.9 Å². The van der Waals surface area contributed by atoms with Crippen LogP contribution in [0.15, 0.2) is 0 Å². The highest BCUT2D eigenvalue weighted by atomic mass is 16.6. The van der Waals surface area contributed by atoms with Crippen LogP contribution in [0.5, 0.6) is 0 Å². The van der Waals surface area contributed by atoms with Crippen molar-refractivity contribution in [1.29, 1.82) is 0 Å². The summed E-state index contributed by atoms with van der Waals surface area (Å²) in [6.45, 7) is 6.86. The predicted molar refractivity (Wildman–Crippen MR) is 101 cm³/mol. The second-order valence-electron chi connectivity index (χ2n) is 7.64. The molecule has 158 valence electrons. The summed E-state index contributed by atoms with van der Waals surface area (Å²) in [5.41, 5.74) is 0. The molecular formula is C20H32N2O6. The molecule has 2 saturated heterocycles. The Hall–Kier alpha value is -1.96. The Morgan fingerprint density at radius 3 is 2.54 bits per heavy atom. The molecule has 8 heteroatoms. The minimum atomic E-state index is -0.772. The van der Waals surface area contributed by atoms with Crippen molar-refractivity contribution in [3.8, 4) is 0 Å². The Morgan fingerprint density at radius 1 is 1.21 bits per heavy atom. The second-order valence-corrected chi connectivity index (χ2v) is 7.64. The van der Waals surface area contributed by atoms with Crippen LogP contribution in [0.25, 0.3) is 0 Å². The summed E-state index contributed by atoms with van der Waals surface area (Å²) >= 11 is 0. The quantitative estimate of drug-likeness (QED) is 0.437. The fraction of sp³-hybridized carbons (Fsp3) is 0.800. The van der Waals surface area contributed by atoms with Crippen LogP contribution in [0.3, 0.4) is 0 Å². The molecule has 2 amide bonds. The van der Waals surface area contributed by atoms with Gasteiger partial charge >= 0.3 is 5.97 Å². The molecule has 8 nitrogen and oxygen atoms in total. The number of ether oxygens (including phenoxy) is 2. The minimum Gasteiger partial charge on any atom is -0.467 e. The van der Waals surface area contributed by atoms with E-state index in [4.69, 9.17) is 9.47 Å². The van der Waals surface area contributed by atoms with E-state index in [2.05, 4.69) is 5.32 Å². The predicted octanol–water partition coefficient (Wildman–Crippen LogP) is 1.07. The average Bonchev–Trinajstić information content (AvgIpc) is 3.36. The Kier molecular flexibility index (Phi) is 7.98. The Labute approximate surface area is 166 Å². The van der Waals surface area contributed by atoms with Gasteiger partial charge in [0, 0.05) is 25.4 Å². The lowest BCUT2D eigenvalue weighted by molar-refractivity contribution is -0.153. The van der Waals surface area contributed by atoms with E-state index in [1.165, 1.54) is 7.11 Å². The molecule has 2 aliphatic rings. The van der Waals surface area contributed by atoms with Gasteiger partial charge in [0.25, 0.3) is 5.91 Å². The van der Waals surface area contributed by atoms with Crippen molar-refractivity contribution in [3.05, 3.63) is 0 Å². The molecule has 2 heterocycles. The summed E-state index contributed by atoms with van der Waals surface area (Å²) < 4.78 is 10.1. The molecule has 0 aromatic carbocycles. The Bertz CT molecular complexity index is 608. The van der Waals surface area contributed by atoms with Gasteiger partial charge in [-0.3, -0.25) is 14.4 Å². The molecule has 5 unspecified atom stereocenters. The highest BCUT2D eigenvalue weighted by Crippen LogP contribution is 2.31. The number of likely N-dealkylation sites (tertiary alicyclic amines) is 1. The van der Waals surface area contributed by atoms with E-state index < -0.39 is 30.1 Å². The highest BCUT2D eigenvalue weighted by molar-refractivity contribution is 5.98. The molecular weight excluding hydrogens is 364 g/mol. The lowest BCUT2D eigenvalue weighted by Crippen LogP contribution is -2.46. The maximum absolute atomic E-state index is 13.2. The molecule has 0 radical (unpaired) electrons. The van der Waals surface area contributed by atoms with Crippen molar-refractivity contribution in [2.75, 3.05) is 20.2 Å². The fourth-order valence-electron chi connectivity index (χ4n) is 3.68. The zero-order valence-electron chi connectivity index (χ0n) is 17.2. The van der Waals surface area contributed by atoms with Crippen LogP contribution in [0.2, 0.25) is 0 Å². The fourth-order valence-corrected chi connectivity index (χ4v) is 3.68. The van der Waals surface area contributed by atoms with Gasteiger partial charge in [-0.15, -0.1) is 0 Å². The van der Waals surface area contributed by atoms with Crippen molar-refractivity contribution >= 4 is 23.6 Å². The molecule has 0 spiro atoms. The number of nitrogens with zero attached hydrogens (tertiary/aromatic N) is 1. The lowest BCUT2D eigenvalue weighted by atomic mass is 9.85. The van der Waals surface area contributed by atoms with Gasteiger partial charge in [0.05, 0.1) is 7.11 Å². The summed E-state index contributed by atoms with van der Waals surface area (Å²) in [6.07, 6.45) is 1.34. The molecule has 28 heavy (non-hydrogen) atoms. The summed E-state index contributed by atoms with van der Waals surface area (Å²) in [4.78, 5) is 51.3. The minimum absolute atomic E-state index is 0.0143. The number of ketones is 1. The zero-order chi connectivity index (χ0) is 20.8. The van der Waals surface area contributed by atoms with Gasteiger partial charge in [-0.05, 0) is 25.2 Å². The van der Waals surface area contributed by atoms with Gasteiger partial charge in [0.15, 0.2) is 18.0 Å². The normalized spacial score (nSPS) is 25.7. The number of esters is 1. The van der Waals surface area contributed by atoms with E-state index in [0.717, 1.165) is 19.3 Å². The number of methoxy groups -OCH3 is 1. The maximum atomic E-state index is 13.2. The van der Waals surface area contributed by atoms with E-state index in [0.29, 0.717) is 19.5 Å². The topological polar surface area (TPSA) is 105 Å². The number of hydrogen-bond donors (Lipinski definition) is 1. The first-order valence-electron chi connectivity index (χ1n) is 10.2. The molecule has 0 bridgehead atoms. The van der Waals surface area contributed by atoms with Crippen LogP contribution in [0, 0.1) is 11.8 Å². The lowest BCUT2D eigenvalue weighted by Gasteiger charge is -2.30. The van der Waals surface area contributed by atoms with Gasteiger partial charge in [-0.2, -0.15) is 0 Å². The SMILES string of the molecule is CCCNC(=O)C1OC1C(=O)CC(C(=O)N1CCCC1C(=O)OC)C(C)CC. The largest absolute Gasteiger partial charge is 0.467 e. The number of rotatable bonds is 10. The number of amides is 2. The molecule has 0 aliphatic carbocycles. The smallest absolute Gasteiger partial charge is 0.328 e. The molecule has 2 fully saturated rings. The highest BCUT2D eigenvalue weighted by Gasteiger charge is 2.51. The molecule has 5 atom stereocenters. The van der Waals surface area contributed by atoms with E-state index >= 15 is 0 Å². The van der Waals surface area contributed by atoms with Crippen molar-refractivity contribution in [3.63, 3.8) is 0 Å². The number of carbonyl (C=O) groups excluding carboxylic acids is 4. The first kappa shape index (κ1) is 22.3. The summed E-state index contributed by atoms with van der Waals surface area (Å²) in [7, 11) is 1.31. The second kappa shape index (κ2) is 10.0. The van der Waals surface area contributed by atoms with Crippen molar-refractivity contribution in [2.24, 2.45) is 11.8 Å². The van der Waals surface area contributed by atoms with Crippen LogP contribution >= 0.6 is 0 Å². The number of Topliss-reactive ketones (excluding diaryl/α,β-unsaturated/α-hetero) is 1. The number of nitrogens with one attached hydrogen (secondary N) is 1. The molecule has 1 N–H and O–H groups in total. The molecule has 0 aromatic heterocycles. The first-order chi connectivity index (χ1) is 13.3. The van der Waals surface area contributed by atoms with Crippen LogP contribution < -0.4 is 5.32 Å². The monoisotopic (exact) mass is 396 g/mol. The van der Waals surface area contributed by atoms with Gasteiger partial charge < -0.3 is 19.7 Å². The summed E-state index contributed by atoms with van der Waals surface area (Å²) in [5.74, 6) is -1.68. The third kappa shape index (κ3) is 5.10. The van der Waals surface area contributed by atoms with Crippen LogP contribution in [0.4, 0.5) is 0 Å². The van der Waals surface area contributed by atoms with Gasteiger partial charge in [-0.25, -0.2) is 4.79 Å². The van der Waals surface area contributed by atoms with Gasteiger partial charge in [0.1, 0.15) is 6.04 Å². The molecule has 0 aromatic rings. The number of hydrogen-bond acceptors (Lipinski definition) is 6. The average molecular weight is 396 g/mol. The zero-order valence-corrected chi connectivity index (χ0v) is 17.2. The van der Waals surface area contributed by atoms with Gasteiger partial charge in [0.2, 0.25) is 5.91 Å². The molecule has 0 saturated carbocycles. The van der Waals surface area contributed by atoms with E-state index in [9.17, 15) is 19.2 Å². The van der Waals surface area contributed by atoms with Crippen LogP contribution in [-0.4, -0.2) is 66.9 Å². The standard InChI is InChI=1S/C20H32N2O6/c1-5-9-21-18(24)17-16(28-17)15(23)11-13(12(3)6-2)19(25)22-10-7-8-14(22)20(26)27-4/h12-14,16-17H,5-11H2,1-4H3,(H,21,24). The summed E-state index contributed by atoms with van der Waals surface area (Å²) in [5, 5.41) is 2.72. The van der Waals surface area contributed by atoms with E-state index in [-0.39, 0.29) is 29.9 Å². The third-order valence-electron chi connectivity index (χ3n) is 5.69. The van der Waals surface area contributed by atoms with Crippen molar-refractivity contribution < 1.29 is 28.7 Å². The first-order valence-corrected chi connectivity index (χ1v) is 10.2. The van der Waals surface area contributed by atoms with E-state index in [1.54, 1.807) is 4.90 Å². The molecule has 2 rings (SSSR count). The van der Waals surface area contributed by atoms with Crippen molar-refractivity contribution in [1.82, 2.24) is 10.2 Å². The molecule has 2 aliphatic heterocycles. The number of epoxide rings is 1. The Balaban J connectivity index is 2.02. The third-order valence-corrected chi connectivity index (χ3v) is 5.69. The van der Waals surface area contributed by atoms with E-state index in [1.807, 2.05) is 20.8 Å². The maximum Gasteiger partial charge on any atom is 0.328 e. The Morgan fingerprint density at radius 2 is 1.93 bits per heavy atom. The van der Waals surface area contributed by atoms with Gasteiger partial charge in [-0.1, -0.05) is 27.2 Å². The summed E-state index contributed by atoms with van der Waals surface area (Å²) in [6, 6.07) is -0.580.